The molecule has 0 fully saturated rings. The van der Waals surface area contributed by atoms with Gasteiger partial charge >= 0.3 is 6.18 Å². The van der Waals surface area contributed by atoms with E-state index in [0.29, 0.717) is 5.69 Å². The van der Waals surface area contributed by atoms with Crippen LogP contribution in [0, 0.1) is 0 Å². The van der Waals surface area contributed by atoms with E-state index in [9.17, 15) is 18.0 Å². The number of carbonyl (C=O) groups is 1. The van der Waals surface area contributed by atoms with Gasteiger partial charge in [-0.1, -0.05) is 11.6 Å². The number of hydrogen-bond acceptors (Lipinski definition) is 4. The van der Waals surface area contributed by atoms with Crippen molar-refractivity contribution in [3.63, 3.8) is 0 Å². The zero-order valence-corrected chi connectivity index (χ0v) is 13.1. The predicted molar refractivity (Wildman–Crippen MR) is 83.6 cm³/mol. The van der Waals surface area contributed by atoms with Crippen LogP contribution in [0.5, 0.6) is 0 Å². The van der Waals surface area contributed by atoms with Crippen molar-refractivity contribution < 1.29 is 18.0 Å². The van der Waals surface area contributed by atoms with Crippen LogP contribution in [0.3, 0.4) is 0 Å². The molecule has 1 heterocycles. The average molecular weight is 368 g/mol. The van der Waals surface area contributed by atoms with E-state index < -0.39 is 22.7 Å². The largest absolute Gasteiger partial charge is 0.417 e. The minimum absolute atomic E-state index is 0.00808. The van der Waals surface area contributed by atoms with E-state index >= 15 is 0 Å². The summed E-state index contributed by atoms with van der Waals surface area (Å²) in [6, 6.07) is 9.39. The molecule has 10 heteroatoms. The lowest BCUT2D eigenvalue weighted by atomic mass is 10.1. The molecular weight excluding hydrogens is 359 g/mol. The summed E-state index contributed by atoms with van der Waals surface area (Å²) in [6.45, 7) is 0. The van der Waals surface area contributed by atoms with Crippen LogP contribution in [0.1, 0.15) is 15.9 Å². The normalized spacial score (nSPS) is 11.4. The number of nitrogens with zero attached hydrogens (tertiary/aromatic N) is 4. The highest BCUT2D eigenvalue weighted by atomic mass is 35.5. The van der Waals surface area contributed by atoms with Crippen molar-refractivity contribution in [1.82, 2.24) is 20.2 Å². The number of hydrogen-bond donors (Lipinski definition) is 1. The number of halogens is 4. The summed E-state index contributed by atoms with van der Waals surface area (Å²) in [5, 5.41) is 12.7. The molecule has 25 heavy (non-hydrogen) atoms. The summed E-state index contributed by atoms with van der Waals surface area (Å²) in [6.07, 6.45) is -3.22. The molecule has 128 valence electrons. The van der Waals surface area contributed by atoms with Crippen molar-refractivity contribution in [2.45, 2.75) is 6.18 Å². The van der Waals surface area contributed by atoms with Gasteiger partial charge in [-0.2, -0.15) is 13.2 Å². The van der Waals surface area contributed by atoms with E-state index in [1.807, 2.05) is 0 Å². The molecule has 0 aliphatic heterocycles. The van der Waals surface area contributed by atoms with Gasteiger partial charge in [0.05, 0.1) is 16.3 Å². The van der Waals surface area contributed by atoms with E-state index in [1.165, 1.54) is 29.2 Å². The monoisotopic (exact) mass is 367 g/mol. The van der Waals surface area contributed by atoms with Gasteiger partial charge in [-0.05, 0) is 52.9 Å². The maximum absolute atomic E-state index is 12.9. The fourth-order valence-corrected chi connectivity index (χ4v) is 2.29. The van der Waals surface area contributed by atoms with E-state index in [2.05, 4.69) is 20.8 Å². The molecule has 2 aromatic carbocycles. The molecule has 1 amide bonds. The number of alkyl halides is 3. The van der Waals surface area contributed by atoms with Crippen molar-refractivity contribution >= 4 is 23.2 Å². The van der Waals surface area contributed by atoms with Crippen LogP contribution in [0.4, 0.5) is 18.9 Å². The predicted octanol–water partition coefficient (Wildman–Crippen LogP) is 3.59. The summed E-state index contributed by atoms with van der Waals surface area (Å²) in [5.41, 5.74) is -0.125. The Kier molecular flexibility index (Phi) is 4.41. The Morgan fingerprint density at radius 1 is 1.12 bits per heavy atom. The molecule has 0 bridgehead atoms. The van der Waals surface area contributed by atoms with Crippen molar-refractivity contribution in [3.05, 3.63) is 64.9 Å². The average Bonchev–Trinajstić information content (AvgIpc) is 3.10. The van der Waals surface area contributed by atoms with E-state index in [1.54, 1.807) is 12.1 Å². The van der Waals surface area contributed by atoms with Gasteiger partial charge in [0, 0.05) is 11.3 Å². The van der Waals surface area contributed by atoms with E-state index in [-0.39, 0.29) is 11.3 Å². The summed E-state index contributed by atoms with van der Waals surface area (Å²) in [4.78, 5) is 12.2. The van der Waals surface area contributed by atoms with Crippen LogP contribution in [0.15, 0.2) is 48.8 Å². The first-order valence-corrected chi connectivity index (χ1v) is 7.24. The second-order valence-electron chi connectivity index (χ2n) is 4.95. The van der Waals surface area contributed by atoms with Crippen molar-refractivity contribution in [1.29, 1.82) is 0 Å². The quantitative estimate of drug-likeness (QED) is 0.768. The molecule has 0 radical (unpaired) electrons. The number of amides is 1. The molecule has 3 aromatic rings. The topological polar surface area (TPSA) is 72.7 Å². The Bertz CT molecular complexity index is 895. The Balaban J connectivity index is 1.78. The second kappa shape index (κ2) is 6.52. The highest BCUT2D eigenvalue weighted by Gasteiger charge is 2.33. The molecule has 0 atom stereocenters. The Hall–Kier alpha value is -2.94. The highest BCUT2D eigenvalue weighted by Crippen LogP contribution is 2.36. The Labute approximate surface area is 144 Å². The Morgan fingerprint density at radius 3 is 2.44 bits per heavy atom. The van der Waals surface area contributed by atoms with Crippen LogP contribution in [-0.4, -0.2) is 26.1 Å². The molecule has 0 aliphatic carbocycles. The first-order chi connectivity index (χ1) is 11.8. The third-order valence-electron chi connectivity index (χ3n) is 3.27. The number of nitrogens with one attached hydrogen (secondary N) is 1. The SMILES string of the molecule is O=C(Nc1ccc(Cl)c(C(F)(F)F)c1)c1ccc(-n2cnnn2)cc1. The van der Waals surface area contributed by atoms with Crippen molar-refractivity contribution in [2.24, 2.45) is 0 Å². The fourth-order valence-electron chi connectivity index (χ4n) is 2.07. The van der Waals surface area contributed by atoms with Gasteiger partial charge in [-0.15, -0.1) is 5.10 Å². The first-order valence-electron chi connectivity index (χ1n) is 6.86. The lowest BCUT2D eigenvalue weighted by Crippen LogP contribution is -2.13. The summed E-state index contributed by atoms with van der Waals surface area (Å²) in [7, 11) is 0. The maximum atomic E-state index is 12.9. The Morgan fingerprint density at radius 2 is 1.84 bits per heavy atom. The van der Waals surface area contributed by atoms with E-state index in [0.717, 1.165) is 12.1 Å². The third-order valence-corrected chi connectivity index (χ3v) is 3.60. The standard InChI is InChI=1S/C15H9ClF3N5O/c16-13-6-3-10(7-12(13)15(17,18)19)21-14(25)9-1-4-11(5-2-9)24-8-20-22-23-24/h1-8H,(H,21,25). The van der Waals surface area contributed by atoms with Crippen LogP contribution in [-0.2, 0) is 6.18 Å². The van der Waals surface area contributed by atoms with Gasteiger partial charge in [0.25, 0.3) is 5.91 Å². The number of tetrazole rings is 1. The van der Waals surface area contributed by atoms with Gasteiger partial charge in [0.2, 0.25) is 0 Å². The van der Waals surface area contributed by atoms with Gasteiger partial charge in [0.1, 0.15) is 6.33 Å². The first kappa shape index (κ1) is 16.9. The molecule has 0 spiro atoms. The smallest absolute Gasteiger partial charge is 0.322 e. The van der Waals surface area contributed by atoms with Crippen molar-refractivity contribution in [2.75, 3.05) is 5.32 Å². The number of benzene rings is 2. The number of carbonyl (C=O) groups excluding carboxylic acids is 1. The molecular formula is C15H9ClF3N5O. The highest BCUT2D eigenvalue weighted by molar-refractivity contribution is 6.31. The minimum atomic E-state index is -4.61. The lowest BCUT2D eigenvalue weighted by Gasteiger charge is -2.12. The number of aromatic nitrogens is 4. The van der Waals surface area contributed by atoms with Gasteiger partial charge < -0.3 is 5.32 Å². The third kappa shape index (κ3) is 3.77. The van der Waals surface area contributed by atoms with Crippen LogP contribution in [0.25, 0.3) is 5.69 Å². The zero-order valence-electron chi connectivity index (χ0n) is 12.3. The maximum Gasteiger partial charge on any atom is 0.417 e. The van der Waals surface area contributed by atoms with Crippen LogP contribution in [0.2, 0.25) is 5.02 Å². The summed E-state index contributed by atoms with van der Waals surface area (Å²) in [5.74, 6) is -0.557. The second-order valence-corrected chi connectivity index (χ2v) is 5.35. The van der Waals surface area contributed by atoms with Crippen LogP contribution >= 0.6 is 11.6 Å². The van der Waals surface area contributed by atoms with Gasteiger partial charge in [0.15, 0.2) is 0 Å². The zero-order chi connectivity index (χ0) is 18.0. The summed E-state index contributed by atoms with van der Waals surface area (Å²) < 4.78 is 40.0. The molecule has 1 N–H and O–H groups in total. The molecule has 0 saturated heterocycles. The molecule has 6 nitrogen and oxygen atoms in total. The molecule has 0 unspecified atom stereocenters. The molecule has 0 saturated carbocycles. The van der Waals surface area contributed by atoms with Gasteiger partial charge in [-0.25, -0.2) is 4.68 Å². The summed E-state index contributed by atoms with van der Waals surface area (Å²) >= 11 is 5.55. The lowest BCUT2D eigenvalue weighted by molar-refractivity contribution is -0.137. The molecule has 1 aromatic heterocycles. The molecule has 3 rings (SSSR count). The minimum Gasteiger partial charge on any atom is -0.322 e. The number of anilines is 1. The fraction of sp³-hybridized carbons (Fsp3) is 0.0667. The van der Waals surface area contributed by atoms with Crippen LogP contribution < -0.4 is 5.32 Å². The van der Waals surface area contributed by atoms with E-state index in [4.69, 9.17) is 11.6 Å². The molecule has 0 aliphatic rings. The van der Waals surface area contributed by atoms with Crippen molar-refractivity contribution in [3.8, 4) is 5.69 Å². The van der Waals surface area contributed by atoms with Gasteiger partial charge in [-0.3, -0.25) is 4.79 Å². The number of rotatable bonds is 3.